The zero-order valence-electron chi connectivity index (χ0n) is 12.8. The first kappa shape index (κ1) is 15.8. The first-order valence-corrected chi connectivity index (χ1v) is 7.71. The van der Waals surface area contributed by atoms with E-state index in [2.05, 4.69) is 5.32 Å². The van der Waals surface area contributed by atoms with Crippen molar-refractivity contribution in [1.82, 2.24) is 5.32 Å². The fraction of sp³-hybridized carbons (Fsp3) is 0.588. The minimum Gasteiger partial charge on any atom is -0.497 e. The quantitative estimate of drug-likeness (QED) is 0.846. The fourth-order valence-electron chi connectivity index (χ4n) is 2.91. The van der Waals surface area contributed by atoms with E-state index in [4.69, 9.17) is 4.74 Å². The number of rotatable bonds is 6. The summed E-state index contributed by atoms with van der Waals surface area (Å²) in [5.41, 5.74) is 0.948. The van der Waals surface area contributed by atoms with Gasteiger partial charge in [-0.2, -0.15) is 0 Å². The van der Waals surface area contributed by atoms with E-state index in [-0.39, 0.29) is 11.8 Å². The van der Waals surface area contributed by atoms with Crippen molar-refractivity contribution in [1.29, 1.82) is 0 Å². The van der Waals surface area contributed by atoms with Crippen LogP contribution in [0.4, 0.5) is 0 Å². The SMILES string of the molecule is COc1ccc(C(C)C(=O)NCC(O)C2CCCC2)cc1. The molecule has 2 N–H and O–H groups in total. The highest BCUT2D eigenvalue weighted by molar-refractivity contribution is 5.83. The molecule has 2 unspecified atom stereocenters. The maximum atomic E-state index is 12.2. The van der Waals surface area contributed by atoms with Gasteiger partial charge < -0.3 is 15.2 Å². The lowest BCUT2D eigenvalue weighted by Crippen LogP contribution is -2.37. The summed E-state index contributed by atoms with van der Waals surface area (Å²) in [7, 11) is 1.62. The molecule has 0 aromatic heterocycles. The van der Waals surface area contributed by atoms with Gasteiger partial charge in [-0.05, 0) is 43.4 Å². The lowest BCUT2D eigenvalue weighted by atomic mass is 9.98. The highest BCUT2D eigenvalue weighted by Gasteiger charge is 2.24. The van der Waals surface area contributed by atoms with E-state index in [9.17, 15) is 9.90 Å². The Morgan fingerprint density at radius 2 is 1.95 bits per heavy atom. The molecule has 0 spiro atoms. The molecule has 1 amide bonds. The Hall–Kier alpha value is -1.55. The second-order valence-corrected chi connectivity index (χ2v) is 5.85. The lowest BCUT2D eigenvalue weighted by molar-refractivity contribution is -0.122. The average Bonchev–Trinajstić information content (AvgIpc) is 3.06. The van der Waals surface area contributed by atoms with Crippen LogP contribution in [0.3, 0.4) is 0 Å². The Balaban J connectivity index is 1.83. The molecule has 0 bridgehead atoms. The van der Waals surface area contributed by atoms with E-state index >= 15 is 0 Å². The summed E-state index contributed by atoms with van der Waals surface area (Å²) in [6.07, 6.45) is 4.12. The smallest absolute Gasteiger partial charge is 0.227 e. The van der Waals surface area contributed by atoms with Crippen molar-refractivity contribution in [3.63, 3.8) is 0 Å². The Morgan fingerprint density at radius 3 is 2.52 bits per heavy atom. The molecule has 0 saturated heterocycles. The Morgan fingerprint density at radius 1 is 1.33 bits per heavy atom. The molecule has 0 radical (unpaired) electrons. The molecule has 21 heavy (non-hydrogen) atoms. The first-order valence-electron chi connectivity index (χ1n) is 7.71. The number of ether oxygens (including phenoxy) is 1. The minimum atomic E-state index is -0.417. The Bertz CT molecular complexity index is 452. The van der Waals surface area contributed by atoms with Crippen molar-refractivity contribution in [2.75, 3.05) is 13.7 Å². The van der Waals surface area contributed by atoms with Crippen molar-refractivity contribution in [3.05, 3.63) is 29.8 Å². The van der Waals surface area contributed by atoms with Gasteiger partial charge in [0.15, 0.2) is 0 Å². The summed E-state index contributed by atoms with van der Waals surface area (Å²) in [5.74, 6) is 0.855. The van der Waals surface area contributed by atoms with Gasteiger partial charge in [-0.25, -0.2) is 0 Å². The van der Waals surface area contributed by atoms with Crippen LogP contribution in [0.25, 0.3) is 0 Å². The normalized spacial score (nSPS) is 18.2. The van der Waals surface area contributed by atoms with Crippen molar-refractivity contribution >= 4 is 5.91 Å². The van der Waals surface area contributed by atoms with Crippen LogP contribution in [0.15, 0.2) is 24.3 Å². The maximum absolute atomic E-state index is 12.2. The van der Waals surface area contributed by atoms with Gasteiger partial charge in [-0.3, -0.25) is 4.79 Å². The van der Waals surface area contributed by atoms with E-state index < -0.39 is 6.10 Å². The molecule has 1 fully saturated rings. The average molecular weight is 291 g/mol. The molecular formula is C17H25NO3. The summed E-state index contributed by atoms with van der Waals surface area (Å²) in [5, 5.41) is 13.0. The van der Waals surface area contributed by atoms with Crippen LogP contribution in [-0.4, -0.2) is 30.8 Å². The summed E-state index contributed by atoms with van der Waals surface area (Å²) in [4.78, 5) is 12.2. The molecule has 1 saturated carbocycles. The van der Waals surface area contributed by atoms with E-state index in [1.54, 1.807) is 7.11 Å². The van der Waals surface area contributed by atoms with Gasteiger partial charge >= 0.3 is 0 Å². The fourth-order valence-corrected chi connectivity index (χ4v) is 2.91. The summed E-state index contributed by atoms with van der Waals surface area (Å²) < 4.78 is 5.11. The summed E-state index contributed by atoms with van der Waals surface area (Å²) in [6, 6.07) is 7.51. The predicted octanol–water partition coefficient (Wildman–Crippen LogP) is 2.47. The number of carbonyl (C=O) groups is 1. The third kappa shape index (κ3) is 4.21. The van der Waals surface area contributed by atoms with Crippen LogP contribution in [-0.2, 0) is 4.79 Å². The van der Waals surface area contributed by atoms with Crippen LogP contribution in [0.2, 0.25) is 0 Å². The zero-order chi connectivity index (χ0) is 15.2. The van der Waals surface area contributed by atoms with Crippen molar-refractivity contribution in [2.24, 2.45) is 5.92 Å². The zero-order valence-corrected chi connectivity index (χ0v) is 12.8. The highest BCUT2D eigenvalue weighted by atomic mass is 16.5. The number of hydrogen-bond acceptors (Lipinski definition) is 3. The molecule has 1 aliphatic rings. The monoisotopic (exact) mass is 291 g/mol. The summed E-state index contributed by atoms with van der Waals surface area (Å²) >= 11 is 0. The van der Waals surface area contributed by atoms with Crippen molar-refractivity contribution < 1.29 is 14.6 Å². The third-order valence-electron chi connectivity index (χ3n) is 4.44. The van der Waals surface area contributed by atoms with E-state index in [1.165, 1.54) is 12.8 Å². The molecule has 1 aliphatic carbocycles. The summed E-state index contributed by atoms with van der Waals surface area (Å²) in [6.45, 7) is 2.23. The van der Waals surface area contributed by atoms with Gasteiger partial charge in [0.2, 0.25) is 5.91 Å². The molecule has 0 aliphatic heterocycles. The highest BCUT2D eigenvalue weighted by Crippen LogP contribution is 2.27. The van der Waals surface area contributed by atoms with Gasteiger partial charge in [0.25, 0.3) is 0 Å². The molecule has 116 valence electrons. The number of methoxy groups -OCH3 is 1. The van der Waals surface area contributed by atoms with Gasteiger partial charge in [0.05, 0.1) is 19.1 Å². The topological polar surface area (TPSA) is 58.6 Å². The standard InChI is InChI=1S/C17H25NO3/c1-12(13-7-9-15(21-2)10-8-13)17(20)18-11-16(19)14-5-3-4-6-14/h7-10,12,14,16,19H,3-6,11H2,1-2H3,(H,18,20). The van der Waals surface area contributed by atoms with Crippen LogP contribution < -0.4 is 10.1 Å². The number of amides is 1. The molecule has 2 atom stereocenters. The van der Waals surface area contributed by atoms with E-state index in [0.29, 0.717) is 12.5 Å². The van der Waals surface area contributed by atoms with Gasteiger partial charge in [-0.15, -0.1) is 0 Å². The third-order valence-corrected chi connectivity index (χ3v) is 4.44. The second kappa shape index (κ2) is 7.46. The Kier molecular flexibility index (Phi) is 5.62. The molecule has 4 heteroatoms. The molecular weight excluding hydrogens is 266 g/mol. The van der Waals surface area contributed by atoms with Crippen LogP contribution in [0.5, 0.6) is 5.75 Å². The van der Waals surface area contributed by atoms with Gasteiger partial charge in [0.1, 0.15) is 5.75 Å². The first-order chi connectivity index (χ1) is 10.1. The number of hydrogen-bond donors (Lipinski definition) is 2. The number of carbonyl (C=O) groups excluding carboxylic acids is 1. The number of benzene rings is 1. The molecule has 1 aromatic carbocycles. The van der Waals surface area contributed by atoms with E-state index in [0.717, 1.165) is 24.2 Å². The van der Waals surface area contributed by atoms with Crippen molar-refractivity contribution in [3.8, 4) is 5.75 Å². The molecule has 2 rings (SSSR count). The maximum Gasteiger partial charge on any atom is 0.227 e. The molecule has 1 aromatic rings. The molecule has 4 nitrogen and oxygen atoms in total. The van der Waals surface area contributed by atoms with Gasteiger partial charge in [0, 0.05) is 6.54 Å². The lowest BCUT2D eigenvalue weighted by Gasteiger charge is -2.19. The van der Waals surface area contributed by atoms with Crippen LogP contribution in [0, 0.1) is 5.92 Å². The van der Waals surface area contributed by atoms with E-state index in [1.807, 2.05) is 31.2 Å². The number of nitrogens with one attached hydrogen (secondary N) is 1. The molecule has 0 heterocycles. The second-order valence-electron chi connectivity index (χ2n) is 5.85. The van der Waals surface area contributed by atoms with Crippen LogP contribution in [0.1, 0.15) is 44.1 Å². The van der Waals surface area contributed by atoms with Crippen molar-refractivity contribution in [2.45, 2.75) is 44.6 Å². The number of aliphatic hydroxyl groups excluding tert-OH is 1. The largest absolute Gasteiger partial charge is 0.497 e. The van der Waals surface area contributed by atoms with Crippen LogP contribution >= 0.6 is 0 Å². The minimum absolute atomic E-state index is 0.0442. The van der Waals surface area contributed by atoms with Gasteiger partial charge in [-0.1, -0.05) is 25.0 Å². The Labute approximate surface area is 126 Å². The predicted molar refractivity (Wildman–Crippen MR) is 82.4 cm³/mol. The number of aliphatic hydroxyl groups is 1.